The van der Waals surface area contributed by atoms with Crippen LogP contribution in [0.25, 0.3) is 0 Å². The van der Waals surface area contributed by atoms with Crippen LogP contribution in [0.15, 0.2) is 30.6 Å². The van der Waals surface area contributed by atoms with Gasteiger partial charge in [0.25, 0.3) is 0 Å². The van der Waals surface area contributed by atoms with Crippen LogP contribution in [0.5, 0.6) is 0 Å². The number of halogens is 2. The standard InChI is InChI=1S/C11H7FIN3O2/c12-6-1-2-8(7(13)3-6)15-10-5-14-4-9(16-10)11(17)18/h1-5H,(H,15,16)(H,17,18). The van der Waals surface area contributed by atoms with Crippen molar-refractivity contribution in [1.29, 1.82) is 0 Å². The fourth-order valence-corrected chi connectivity index (χ4v) is 1.87. The summed E-state index contributed by atoms with van der Waals surface area (Å²) < 4.78 is 13.6. The number of aromatic nitrogens is 2. The van der Waals surface area contributed by atoms with Crippen LogP contribution >= 0.6 is 22.6 Å². The normalized spacial score (nSPS) is 10.1. The maximum Gasteiger partial charge on any atom is 0.356 e. The Hall–Kier alpha value is -1.77. The van der Waals surface area contributed by atoms with E-state index in [0.29, 0.717) is 15.1 Å². The van der Waals surface area contributed by atoms with Gasteiger partial charge in [-0.1, -0.05) is 0 Å². The molecule has 92 valence electrons. The first-order chi connectivity index (χ1) is 8.56. The van der Waals surface area contributed by atoms with Crippen molar-refractivity contribution in [3.05, 3.63) is 45.7 Å². The summed E-state index contributed by atoms with van der Waals surface area (Å²) in [5, 5.41) is 11.7. The summed E-state index contributed by atoms with van der Waals surface area (Å²) in [6, 6.07) is 4.21. The molecular weight excluding hydrogens is 352 g/mol. The molecule has 5 nitrogen and oxygen atoms in total. The smallest absolute Gasteiger partial charge is 0.356 e. The Labute approximate surface area is 115 Å². The zero-order chi connectivity index (χ0) is 13.1. The highest BCUT2D eigenvalue weighted by Gasteiger charge is 2.07. The maximum atomic E-state index is 12.9. The fraction of sp³-hybridized carbons (Fsp3) is 0. The lowest BCUT2D eigenvalue weighted by atomic mass is 10.3. The number of aromatic carboxylic acids is 1. The minimum atomic E-state index is -1.15. The van der Waals surface area contributed by atoms with Gasteiger partial charge >= 0.3 is 5.97 Å². The second-order valence-corrected chi connectivity index (χ2v) is 4.51. The van der Waals surface area contributed by atoms with E-state index < -0.39 is 5.97 Å². The van der Waals surface area contributed by atoms with Crippen molar-refractivity contribution in [1.82, 2.24) is 9.97 Å². The third kappa shape index (κ3) is 2.92. The molecule has 0 saturated heterocycles. The monoisotopic (exact) mass is 359 g/mol. The highest BCUT2D eigenvalue weighted by molar-refractivity contribution is 14.1. The molecule has 2 N–H and O–H groups in total. The molecule has 1 heterocycles. The Bertz CT molecular complexity index is 607. The molecule has 18 heavy (non-hydrogen) atoms. The summed E-state index contributed by atoms with van der Waals surface area (Å²) in [5.74, 6) is -1.20. The number of hydrogen-bond acceptors (Lipinski definition) is 4. The second kappa shape index (κ2) is 5.25. The van der Waals surface area contributed by atoms with Gasteiger partial charge in [-0.25, -0.2) is 14.2 Å². The number of carbonyl (C=O) groups is 1. The van der Waals surface area contributed by atoms with Gasteiger partial charge in [0, 0.05) is 3.57 Å². The van der Waals surface area contributed by atoms with Gasteiger partial charge in [0.05, 0.1) is 18.1 Å². The first kappa shape index (κ1) is 12.7. The summed E-state index contributed by atoms with van der Waals surface area (Å²) in [5.41, 5.74) is 0.478. The van der Waals surface area contributed by atoms with E-state index in [1.807, 2.05) is 22.6 Å². The van der Waals surface area contributed by atoms with E-state index in [1.54, 1.807) is 6.07 Å². The average molecular weight is 359 g/mol. The van der Waals surface area contributed by atoms with Crippen molar-refractivity contribution in [2.24, 2.45) is 0 Å². The van der Waals surface area contributed by atoms with E-state index >= 15 is 0 Å². The minimum absolute atomic E-state index is 0.155. The van der Waals surface area contributed by atoms with Crippen LogP contribution in [0, 0.1) is 9.39 Å². The number of hydrogen-bond donors (Lipinski definition) is 2. The number of carboxylic acids is 1. The number of nitrogens with zero attached hydrogens (tertiary/aromatic N) is 2. The molecule has 0 aliphatic rings. The van der Waals surface area contributed by atoms with Crippen molar-refractivity contribution in [2.75, 3.05) is 5.32 Å². The van der Waals surface area contributed by atoms with Gasteiger partial charge in [0.15, 0.2) is 5.69 Å². The maximum absolute atomic E-state index is 12.9. The van der Waals surface area contributed by atoms with Crippen molar-refractivity contribution >= 4 is 40.1 Å². The lowest BCUT2D eigenvalue weighted by molar-refractivity contribution is 0.0690. The summed E-state index contributed by atoms with van der Waals surface area (Å²) in [6.07, 6.45) is 2.55. The number of benzene rings is 1. The zero-order valence-electron chi connectivity index (χ0n) is 8.89. The predicted molar refractivity (Wildman–Crippen MR) is 71.4 cm³/mol. The molecule has 0 atom stereocenters. The van der Waals surface area contributed by atoms with Crippen LogP contribution in [0.2, 0.25) is 0 Å². The Balaban J connectivity index is 2.28. The summed E-state index contributed by atoms with van der Waals surface area (Å²) in [4.78, 5) is 18.4. The van der Waals surface area contributed by atoms with E-state index in [2.05, 4.69) is 15.3 Å². The van der Waals surface area contributed by atoms with Crippen LogP contribution in [-0.2, 0) is 0 Å². The number of anilines is 2. The van der Waals surface area contributed by atoms with Gasteiger partial charge < -0.3 is 10.4 Å². The molecule has 2 aromatic rings. The fourth-order valence-electron chi connectivity index (χ4n) is 1.26. The summed E-state index contributed by atoms with van der Waals surface area (Å²) in [7, 11) is 0. The van der Waals surface area contributed by atoms with Crippen LogP contribution in [-0.4, -0.2) is 21.0 Å². The SMILES string of the molecule is O=C(O)c1cncc(Nc2ccc(F)cc2I)n1. The van der Waals surface area contributed by atoms with Crippen molar-refractivity contribution in [2.45, 2.75) is 0 Å². The lowest BCUT2D eigenvalue weighted by Crippen LogP contribution is -2.04. The molecule has 7 heteroatoms. The van der Waals surface area contributed by atoms with Crippen molar-refractivity contribution < 1.29 is 14.3 Å². The zero-order valence-corrected chi connectivity index (χ0v) is 11.1. The third-order valence-corrected chi connectivity index (χ3v) is 2.94. The molecule has 0 aliphatic carbocycles. The summed E-state index contributed by atoms with van der Waals surface area (Å²) in [6.45, 7) is 0. The first-order valence-electron chi connectivity index (χ1n) is 4.83. The number of carboxylic acid groups (broad SMARTS) is 1. The second-order valence-electron chi connectivity index (χ2n) is 3.34. The molecule has 0 bridgehead atoms. The predicted octanol–water partition coefficient (Wildman–Crippen LogP) is 2.66. The topological polar surface area (TPSA) is 75.1 Å². The van der Waals surface area contributed by atoms with E-state index in [0.717, 1.165) is 6.20 Å². The van der Waals surface area contributed by atoms with E-state index in [4.69, 9.17) is 5.11 Å². The number of rotatable bonds is 3. The van der Waals surface area contributed by atoms with Crippen LogP contribution < -0.4 is 5.32 Å². The van der Waals surface area contributed by atoms with Crippen molar-refractivity contribution in [3.63, 3.8) is 0 Å². The van der Waals surface area contributed by atoms with E-state index in [9.17, 15) is 9.18 Å². The molecule has 0 radical (unpaired) electrons. The number of nitrogens with one attached hydrogen (secondary N) is 1. The lowest BCUT2D eigenvalue weighted by Gasteiger charge is -2.07. The van der Waals surface area contributed by atoms with Gasteiger partial charge in [-0.15, -0.1) is 0 Å². The first-order valence-corrected chi connectivity index (χ1v) is 5.91. The minimum Gasteiger partial charge on any atom is -0.476 e. The Morgan fingerprint density at radius 2 is 2.17 bits per heavy atom. The van der Waals surface area contributed by atoms with E-state index in [-0.39, 0.29) is 11.5 Å². The molecule has 0 aliphatic heterocycles. The van der Waals surface area contributed by atoms with Gasteiger partial charge in [0.2, 0.25) is 0 Å². The molecule has 0 fully saturated rings. The average Bonchev–Trinajstić information content (AvgIpc) is 2.33. The molecule has 0 amide bonds. The molecular formula is C11H7FIN3O2. The van der Waals surface area contributed by atoms with Crippen LogP contribution in [0.1, 0.15) is 10.5 Å². The Morgan fingerprint density at radius 3 is 2.83 bits per heavy atom. The molecule has 2 rings (SSSR count). The highest BCUT2D eigenvalue weighted by Crippen LogP contribution is 2.22. The molecule has 1 aromatic carbocycles. The summed E-state index contributed by atoms with van der Waals surface area (Å²) >= 11 is 1.97. The van der Waals surface area contributed by atoms with Gasteiger partial charge in [-0.2, -0.15) is 0 Å². The quantitative estimate of drug-likeness (QED) is 0.825. The van der Waals surface area contributed by atoms with E-state index in [1.165, 1.54) is 18.3 Å². The third-order valence-electron chi connectivity index (χ3n) is 2.05. The molecule has 0 unspecified atom stereocenters. The largest absolute Gasteiger partial charge is 0.476 e. The molecule has 1 aromatic heterocycles. The van der Waals surface area contributed by atoms with Crippen LogP contribution in [0.3, 0.4) is 0 Å². The Morgan fingerprint density at radius 1 is 1.39 bits per heavy atom. The van der Waals surface area contributed by atoms with Crippen LogP contribution in [0.4, 0.5) is 15.9 Å². The van der Waals surface area contributed by atoms with Gasteiger partial charge in [0.1, 0.15) is 11.6 Å². The van der Waals surface area contributed by atoms with Gasteiger partial charge in [-0.05, 0) is 40.8 Å². The molecule has 0 saturated carbocycles. The Kier molecular flexibility index (Phi) is 3.70. The highest BCUT2D eigenvalue weighted by atomic mass is 127. The van der Waals surface area contributed by atoms with Gasteiger partial charge in [-0.3, -0.25) is 4.98 Å². The van der Waals surface area contributed by atoms with Crippen molar-refractivity contribution in [3.8, 4) is 0 Å². The molecule has 0 spiro atoms.